The van der Waals surface area contributed by atoms with E-state index in [1.807, 2.05) is 0 Å². The summed E-state index contributed by atoms with van der Waals surface area (Å²) < 4.78 is 1.54. The zero-order chi connectivity index (χ0) is 13.0. The van der Waals surface area contributed by atoms with Crippen LogP contribution in [0.2, 0.25) is 0 Å². The standard InChI is InChI=1S/C11H19N5O2/c12-5-6-16-7-9(14-15-16)10(18)13-11(8-17)3-1-2-4-11/h7,17H,1-6,8,12H2,(H,13,18). The quantitative estimate of drug-likeness (QED) is 0.641. The SMILES string of the molecule is NCCn1cc(C(=O)NC2(CO)CCCC2)nn1. The van der Waals surface area contributed by atoms with Crippen LogP contribution >= 0.6 is 0 Å². The van der Waals surface area contributed by atoms with Crippen molar-refractivity contribution in [2.75, 3.05) is 13.2 Å². The highest BCUT2D eigenvalue weighted by Gasteiger charge is 2.35. The second-order valence-electron chi connectivity index (χ2n) is 4.76. The molecule has 0 spiro atoms. The normalized spacial score (nSPS) is 17.9. The monoisotopic (exact) mass is 253 g/mol. The number of hydrogen-bond acceptors (Lipinski definition) is 5. The fraction of sp³-hybridized carbons (Fsp3) is 0.727. The van der Waals surface area contributed by atoms with Crippen LogP contribution in [-0.4, -0.2) is 44.7 Å². The third-order valence-corrected chi connectivity index (χ3v) is 3.37. The topological polar surface area (TPSA) is 106 Å². The molecule has 1 saturated carbocycles. The van der Waals surface area contributed by atoms with Gasteiger partial charge in [-0.25, -0.2) is 0 Å². The molecular weight excluding hydrogens is 234 g/mol. The summed E-state index contributed by atoms with van der Waals surface area (Å²) in [6.45, 7) is 0.950. The Labute approximate surface area is 105 Å². The van der Waals surface area contributed by atoms with Gasteiger partial charge in [0.05, 0.1) is 24.9 Å². The highest BCUT2D eigenvalue weighted by Crippen LogP contribution is 2.29. The lowest BCUT2D eigenvalue weighted by molar-refractivity contribution is 0.0833. The molecule has 0 aromatic carbocycles. The molecule has 18 heavy (non-hydrogen) atoms. The van der Waals surface area contributed by atoms with Gasteiger partial charge in [0.1, 0.15) is 0 Å². The van der Waals surface area contributed by atoms with E-state index in [0.29, 0.717) is 13.1 Å². The second kappa shape index (κ2) is 5.45. The summed E-state index contributed by atoms with van der Waals surface area (Å²) >= 11 is 0. The molecule has 1 aliphatic rings. The lowest BCUT2D eigenvalue weighted by Crippen LogP contribution is -2.49. The first kappa shape index (κ1) is 13.0. The predicted octanol–water partition coefficient (Wildman–Crippen LogP) is -0.728. The fourth-order valence-electron chi connectivity index (χ4n) is 2.32. The zero-order valence-electron chi connectivity index (χ0n) is 10.3. The molecule has 0 aliphatic heterocycles. The minimum Gasteiger partial charge on any atom is -0.394 e. The van der Waals surface area contributed by atoms with Crippen molar-refractivity contribution in [2.45, 2.75) is 37.8 Å². The Balaban J connectivity index is 2.02. The van der Waals surface area contributed by atoms with E-state index >= 15 is 0 Å². The molecule has 4 N–H and O–H groups in total. The van der Waals surface area contributed by atoms with Crippen molar-refractivity contribution in [2.24, 2.45) is 5.73 Å². The molecule has 100 valence electrons. The van der Waals surface area contributed by atoms with Crippen molar-refractivity contribution in [1.82, 2.24) is 20.3 Å². The van der Waals surface area contributed by atoms with Crippen LogP contribution in [0.4, 0.5) is 0 Å². The summed E-state index contributed by atoms with van der Waals surface area (Å²) in [5, 5.41) is 19.9. The maximum atomic E-state index is 12.0. The molecule has 7 heteroatoms. The third kappa shape index (κ3) is 2.68. The van der Waals surface area contributed by atoms with Gasteiger partial charge >= 0.3 is 0 Å². The average molecular weight is 253 g/mol. The number of aliphatic hydroxyl groups excluding tert-OH is 1. The summed E-state index contributed by atoms with van der Waals surface area (Å²) in [7, 11) is 0. The number of carbonyl (C=O) groups is 1. The molecule has 2 rings (SSSR count). The number of rotatable bonds is 5. The van der Waals surface area contributed by atoms with Crippen LogP contribution in [0.15, 0.2) is 6.20 Å². The van der Waals surface area contributed by atoms with Gasteiger partial charge in [0.15, 0.2) is 5.69 Å². The van der Waals surface area contributed by atoms with Gasteiger partial charge in [-0.1, -0.05) is 18.1 Å². The van der Waals surface area contributed by atoms with Crippen molar-refractivity contribution in [3.8, 4) is 0 Å². The molecule has 0 unspecified atom stereocenters. The van der Waals surface area contributed by atoms with Crippen LogP contribution in [-0.2, 0) is 6.54 Å². The zero-order valence-corrected chi connectivity index (χ0v) is 10.3. The van der Waals surface area contributed by atoms with Crippen molar-refractivity contribution in [1.29, 1.82) is 0 Å². The van der Waals surface area contributed by atoms with E-state index in [4.69, 9.17) is 5.73 Å². The fourth-order valence-corrected chi connectivity index (χ4v) is 2.32. The minimum absolute atomic E-state index is 0.0321. The van der Waals surface area contributed by atoms with Crippen LogP contribution in [0.3, 0.4) is 0 Å². The Bertz CT molecular complexity index is 411. The van der Waals surface area contributed by atoms with Crippen molar-refractivity contribution in [3.05, 3.63) is 11.9 Å². The van der Waals surface area contributed by atoms with Gasteiger partial charge in [0.2, 0.25) is 0 Å². The lowest BCUT2D eigenvalue weighted by Gasteiger charge is -2.27. The van der Waals surface area contributed by atoms with Gasteiger partial charge in [-0.05, 0) is 12.8 Å². The predicted molar refractivity (Wildman–Crippen MR) is 64.8 cm³/mol. The molecule has 0 radical (unpaired) electrons. The Morgan fingerprint density at radius 1 is 1.56 bits per heavy atom. The number of amides is 1. The van der Waals surface area contributed by atoms with E-state index in [1.54, 1.807) is 6.20 Å². The van der Waals surface area contributed by atoms with Crippen LogP contribution in [0.5, 0.6) is 0 Å². The molecule has 1 fully saturated rings. The van der Waals surface area contributed by atoms with Crippen LogP contribution in [0, 0.1) is 0 Å². The number of aliphatic hydroxyl groups is 1. The van der Waals surface area contributed by atoms with Gasteiger partial charge in [-0.2, -0.15) is 0 Å². The molecule has 0 bridgehead atoms. The van der Waals surface area contributed by atoms with Gasteiger partial charge in [-0.15, -0.1) is 5.10 Å². The molecule has 1 heterocycles. The molecule has 0 saturated heterocycles. The second-order valence-corrected chi connectivity index (χ2v) is 4.76. The molecule has 7 nitrogen and oxygen atoms in total. The van der Waals surface area contributed by atoms with E-state index in [0.717, 1.165) is 25.7 Å². The molecule has 1 aliphatic carbocycles. The van der Waals surface area contributed by atoms with Gasteiger partial charge in [0, 0.05) is 6.54 Å². The molecule has 1 aromatic heterocycles. The summed E-state index contributed by atoms with van der Waals surface area (Å²) in [6, 6.07) is 0. The van der Waals surface area contributed by atoms with E-state index in [9.17, 15) is 9.90 Å². The summed E-state index contributed by atoms with van der Waals surface area (Å²) in [6.07, 6.45) is 5.25. The first-order valence-corrected chi connectivity index (χ1v) is 6.23. The molecule has 1 amide bonds. The van der Waals surface area contributed by atoms with Gasteiger partial charge < -0.3 is 16.2 Å². The highest BCUT2D eigenvalue weighted by atomic mass is 16.3. The summed E-state index contributed by atoms with van der Waals surface area (Å²) in [5.41, 5.74) is 5.19. The summed E-state index contributed by atoms with van der Waals surface area (Å²) in [4.78, 5) is 12.0. The van der Waals surface area contributed by atoms with Crippen LogP contribution < -0.4 is 11.1 Å². The highest BCUT2D eigenvalue weighted by molar-refractivity contribution is 5.92. The Kier molecular flexibility index (Phi) is 3.93. The Morgan fingerprint density at radius 3 is 2.89 bits per heavy atom. The number of nitrogens with zero attached hydrogens (tertiary/aromatic N) is 3. The maximum Gasteiger partial charge on any atom is 0.273 e. The molecule has 1 aromatic rings. The number of carbonyl (C=O) groups excluding carboxylic acids is 1. The van der Waals surface area contributed by atoms with Gasteiger partial charge in [0.25, 0.3) is 5.91 Å². The van der Waals surface area contributed by atoms with Crippen LogP contribution in [0.1, 0.15) is 36.2 Å². The third-order valence-electron chi connectivity index (χ3n) is 3.37. The minimum atomic E-state index is -0.477. The number of nitrogens with two attached hydrogens (primary N) is 1. The summed E-state index contributed by atoms with van der Waals surface area (Å²) in [5.74, 6) is -0.283. The van der Waals surface area contributed by atoms with Crippen molar-refractivity contribution >= 4 is 5.91 Å². The number of hydrogen-bond donors (Lipinski definition) is 3. The number of aromatic nitrogens is 3. The van der Waals surface area contributed by atoms with E-state index < -0.39 is 5.54 Å². The van der Waals surface area contributed by atoms with Crippen molar-refractivity contribution in [3.63, 3.8) is 0 Å². The maximum absolute atomic E-state index is 12.0. The largest absolute Gasteiger partial charge is 0.394 e. The molecular formula is C11H19N5O2. The lowest BCUT2D eigenvalue weighted by atomic mass is 9.99. The van der Waals surface area contributed by atoms with Gasteiger partial charge in [-0.3, -0.25) is 9.48 Å². The molecule has 0 atom stereocenters. The first-order valence-electron chi connectivity index (χ1n) is 6.23. The number of nitrogens with one attached hydrogen (secondary N) is 1. The van der Waals surface area contributed by atoms with E-state index in [2.05, 4.69) is 15.6 Å². The van der Waals surface area contributed by atoms with Crippen molar-refractivity contribution < 1.29 is 9.90 Å². The smallest absolute Gasteiger partial charge is 0.273 e. The Morgan fingerprint density at radius 2 is 2.28 bits per heavy atom. The first-order chi connectivity index (χ1) is 8.69. The van der Waals surface area contributed by atoms with Crippen LogP contribution in [0.25, 0.3) is 0 Å². The van der Waals surface area contributed by atoms with E-state index in [1.165, 1.54) is 4.68 Å². The Hall–Kier alpha value is -1.47. The van der Waals surface area contributed by atoms with E-state index in [-0.39, 0.29) is 18.2 Å². The average Bonchev–Trinajstić information content (AvgIpc) is 2.99.